The van der Waals surface area contributed by atoms with Gasteiger partial charge in [-0.2, -0.15) is 0 Å². The van der Waals surface area contributed by atoms with Crippen molar-refractivity contribution in [1.29, 1.82) is 0 Å². The molecule has 3 aliphatic heterocycles. The zero-order valence-electron chi connectivity index (χ0n) is 32.5. The zero-order chi connectivity index (χ0) is 38.7. The van der Waals surface area contributed by atoms with Crippen LogP contribution in [0.15, 0.2) is 142 Å². The summed E-state index contributed by atoms with van der Waals surface area (Å²) in [6.07, 6.45) is 0. The molecule has 0 fully saturated rings. The highest BCUT2D eigenvalue weighted by atomic mass is 16.3. The monoisotopic (exact) mass is 744 g/mol. The van der Waals surface area contributed by atoms with E-state index < -0.39 is 0 Å². The van der Waals surface area contributed by atoms with E-state index in [0.29, 0.717) is 0 Å². The number of hydrogen-bond donors (Lipinski definition) is 0. The van der Waals surface area contributed by atoms with Crippen LogP contribution in [0.3, 0.4) is 0 Å². The molecule has 3 aliphatic rings. The summed E-state index contributed by atoms with van der Waals surface area (Å²) in [5, 5.41) is 6.30. The fourth-order valence-electron chi connectivity index (χ4n) is 11.2. The molecule has 0 unspecified atom stereocenters. The number of carbonyl (C=O) groups excluding carboxylic acids is 1. The van der Waals surface area contributed by atoms with Gasteiger partial charge in [0, 0.05) is 43.7 Å². The molecule has 10 aromatic rings. The molecule has 0 N–H and O–H groups in total. The van der Waals surface area contributed by atoms with Crippen molar-refractivity contribution < 1.29 is 13.6 Å². The number of rotatable bonds is 2. The van der Waals surface area contributed by atoms with E-state index in [-0.39, 0.29) is 19.5 Å². The van der Waals surface area contributed by atoms with Crippen molar-refractivity contribution in [2.75, 3.05) is 9.80 Å². The lowest BCUT2D eigenvalue weighted by molar-refractivity contribution is 0.255. The Hall–Kier alpha value is -6.98. The third-order valence-corrected chi connectivity index (χ3v) is 13.2. The second-order valence-corrected chi connectivity index (χ2v) is 16.5. The van der Waals surface area contributed by atoms with E-state index in [9.17, 15) is 0 Å². The molecular weight excluding hydrogens is 710 g/mol. The lowest BCUT2D eigenvalue weighted by atomic mass is 9.33. The normalized spacial score (nSPS) is 14.1. The van der Waals surface area contributed by atoms with E-state index in [1.165, 1.54) is 0 Å². The Labute approximate surface area is 335 Å². The van der Waals surface area contributed by atoms with Crippen LogP contribution in [0.25, 0.3) is 54.6 Å². The van der Waals surface area contributed by atoms with Crippen LogP contribution in [0.1, 0.15) is 22.3 Å². The van der Waals surface area contributed by atoms with Crippen LogP contribution in [-0.4, -0.2) is 19.5 Å². The van der Waals surface area contributed by atoms with E-state index in [0.717, 1.165) is 132 Å². The number of hydrogen-bond acceptors (Lipinski definition) is 3. The molecule has 13 rings (SSSR count). The Kier molecular flexibility index (Phi) is 6.16. The molecule has 0 atom stereocenters. The summed E-state index contributed by atoms with van der Waals surface area (Å²) in [4.78, 5) is 20.3. The van der Waals surface area contributed by atoms with Gasteiger partial charge in [-0.05, 0) is 84.9 Å². The maximum atomic E-state index is 16.2. The van der Waals surface area contributed by atoms with Gasteiger partial charge in [-0.3, -0.25) is 9.80 Å². The van der Waals surface area contributed by atoms with Gasteiger partial charge in [0.25, 0.3) is 13.4 Å². The second-order valence-electron chi connectivity index (χ2n) is 16.5. The van der Waals surface area contributed by atoms with E-state index in [1.807, 2.05) is 21.9 Å². The minimum atomic E-state index is -0.201. The largest absolute Gasteiger partial charge is 0.456 e. The van der Waals surface area contributed by atoms with E-state index >= 15 is 4.79 Å². The quantitative estimate of drug-likeness (QED) is 0.166. The van der Waals surface area contributed by atoms with Crippen molar-refractivity contribution >= 4 is 130 Å². The maximum absolute atomic E-state index is 16.2. The number of anilines is 4. The summed E-state index contributed by atoms with van der Waals surface area (Å²) in [5.41, 5.74) is 18.0. The van der Waals surface area contributed by atoms with Crippen molar-refractivity contribution in [3.05, 3.63) is 156 Å². The van der Waals surface area contributed by atoms with Crippen LogP contribution in [0.4, 0.5) is 27.5 Å². The number of amides is 2. The van der Waals surface area contributed by atoms with Crippen LogP contribution in [0, 0.1) is 27.7 Å². The molecular formula is C51H34B2N2O3. The first-order valence-corrected chi connectivity index (χ1v) is 20.1. The molecule has 0 saturated heterocycles. The van der Waals surface area contributed by atoms with Crippen LogP contribution in [0.5, 0.6) is 0 Å². The Bertz CT molecular complexity index is 3270. The number of fused-ring (bicyclic) bond motifs is 14. The minimum Gasteiger partial charge on any atom is -0.456 e. The Morgan fingerprint density at radius 1 is 0.448 bits per heavy atom. The lowest BCUT2D eigenvalue weighted by Crippen LogP contribution is -2.65. The van der Waals surface area contributed by atoms with E-state index in [2.05, 4.69) is 149 Å². The molecule has 0 radical (unpaired) electrons. The van der Waals surface area contributed by atoms with Gasteiger partial charge in [-0.15, -0.1) is 0 Å². The van der Waals surface area contributed by atoms with Gasteiger partial charge in [0.1, 0.15) is 22.3 Å². The predicted molar refractivity (Wildman–Crippen MR) is 242 cm³/mol. The van der Waals surface area contributed by atoms with Crippen LogP contribution < -0.4 is 42.6 Å². The van der Waals surface area contributed by atoms with Gasteiger partial charge in [-0.1, -0.05) is 131 Å². The molecule has 0 bridgehead atoms. The number of urea groups is 1. The van der Waals surface area contributed by atoms with Crippen molar-refractivity contribution in [1.82, 2.24) is 0 Å². The summed E-state index contributed by atoms with van der Waals surface area (Å²) in [7, 11) is 0. The number of aryl methyl sites for hydroxylation is 4. The summed E-state index contributed by atoms with van der Waals surface area (Å²) in [6, 6.07) is 47.2. The summed E-state index contributed by atoms with van der Waals surface area (Å²) >= 11 is 0. The molecule has 58 heavy (non-hydrogen) atoms. The molecule has 5 heterocycles. The van der Waals surface area contributed by atoms with Crippen molar-refractivity contribution in [3.8, 4) is 0 Å². The van der Waals surface area contributed by atoms with Gasteiger partial charge in [0.15, 0.2) is 0 Å². The standard InChI is InChI=1S/C51H34B2N2O3/c1-27-23-29(3)43-35(25-27)54-47-42-41(39-33-19-11-13-21-37(33)57-49(39)45(47)52(43)31-15-7-5-8-16-31)40-34-20-12-14-22-38(34)58-50(40)46-48(42)55(51(54)56)36-26-28(2)24-30(4)44(36)53(46)32-17-9-6-10-18-32/h5-26H,1-4H3. The lowest BCUT2D eigenvalue weighted by Gasteiger charge is -2.47. The number of carbonyl (C=O) groups is 1. The van der Waals surface area contributed by atoms with Crippen molar-refractivity contribution in [2.24, 2.45) is 0 Å². The average Bonchev–Trinajstić information content (AvgIpc) is 3.82. The highest BCUT2D eigenvalue weighted by molar-refractivity contribution is 7.02. The third kappa shape index (κ3) is 3.86. The number of nitrogens with zero attached hydrogens (tertiary/aromatic N) is 2. The highest BCUT2D eigenvalue weighted by Gasteiger charge is 2.52. The van der Waals surface area contributed by atoms with E-state index in [1.54, 1.807) is 0 Å². The molecule has 0 aliphatic carbocycles. The minimum absolute atomic E-state index is 0.0993. The second kappa shape index (κ2) is 11.1. The molecule has 0 saturated carbocycles. The average molecular weight is 744 g/mol. The van der Waals surface area contributed by atoms with Crippen molar-refractivity contribution in [3.63, 3.8) is 0 Å². The summed E-state index contributed by atoms with van der Waals surface area (Å²) in [6.45, 7) is 8.24. The molecule has 2 aromatic heterocycles. The Morgan fingerprint density at radius 2 is 0.862 bits per heavy atom. The fraction of sp³-hybridized carbons (Fsp3) is 0.0784. The first-order chi connectivity index (χ1) is 28.4. The van der Waals surface area contributed by atoms with Crippen molar-refractivity contribution in [2.45, 2.75) is 27.7 Å². The summed E-state index contributed by atoms with van der Waals surface area (Å²) in [5.74, 6) is 0. The van der Waals surface area contributed by atoms with Crippen LogP contribution in [-0.2, 0) is 0 Å². The van der Waals surface area contributed by atoms with Gasteiger partial charge in [-0.25, -0.2) is 4.79 Å². The fourth-order valence-corrected chi connectivity index (χ4v) is 11.2. The topological polar surface area (TPSA) is 49.8 Å². The molecule has 5 nitrogen and oxygen atoms in total. The molecule has 8 aromatic carbocycles. The molecule has 7 heteroatoms. The van der Waals surface area contributed by atoms with Crippen LogP contribution in [0.2, 0.25) is 0 Å². The number of benzene rings is 8. The highest BCUT2D eigenvalue weighted by Crippen LogP contribution is 2.54. The molecule has 0 spiro atoms. The van der Waals surface area contributed by atoms with E-state index in [4.69, 9.17) is 8.83 Å². The first-order valence-electron chi connectivity index (χ1n) is 20.1. The van der Waals surface area contributed by atoms with Gasteiger partial charge in [0.05, 0.1) is 11.4 Å². The zero-order valence-corrected chi connectivity index (χ0v) is 32.5. The van der Waals surface area contributed by atoms with Gasteiger partial charge < -0.3 is 8.83 Å². The van der Waals surface area contributed by atoms with Gasteiger partial charge >= 0.3 is 6.03 Å². The SMILES string of the molecule is Cc1cc(C)c2c(c1)N1C(=O)N3c4cc(C)cc(C)c4B(c4ccccc4)c4c3c3c1c(c1oc5ccccc5c1c3c1c4oc3ccccc31)B2c1ccccc1. The smallest absolute Gasteiger partial charge is 0.338 e. The Morgan fingerprint density at radius 3 is 1.31 bits per heavy atom. The maximum Gasteiger partial charge on any atom is 0.338 e. The molecule has 2 amide bonds. The first kappa shape index (κ1) is 32.1. The number of para-hydroxylation sites is 2. The Balaban J connectivity index is 1.37. The summed E-state index contributed by atoms with van der Waals surface area (Å²) < 4.78 is 14.3. The van der Waals surface area contributed by atoms with Gasteiger partial charge in [0.2, 0.25) is 0 Å². The predicted octanol–water partition coefficient (Wildman–Crippen LogP) is 8.94. The van der Waals surface area contributed by atoms with Crippen LogP contribution >= 0.6 is 0 Å². The third-order valence-electron chi connectivity index (χ3n) is 13.2. The number of furan rings is 2. The molecule has 272 valence electrons.